The molecule has 0 saturated heterocycles. The summed E-state index contributed by atoms with van der Waals surface area (Å²) in [5.41, 5.74) is 3.48. The third-order valence-corrected chi connectivity index (χ3v) is 5.07. The zero-order valence-electron chi connectivity index (χ0n) is 16.3. The third kappa shape index (κ3) is 3.69. The number of imidazole rings is 1. The number of amides is 1. The molecule has 4 aromatic rings. The summed E-state index contributed by atoms with van der Waals surface area (Å²) in [6.45, 7) is 2.27. The van der Waals surface area contributed by atoms with Crippen LogP contribution < -0.4 is 11.0 Å². The maximum Gasteiger partial charge on any atom is 0.328 e. The highest BCUT2D eigenvalue weighted by molar-refractivity contribution is 5.78. The minimum Gasteiger partial charge on any atom is -0.350 e. The molecule has 0 spiro atoms. The Kier molecular flexibility index (Phi) is 4.99. The van der Waals surface area contributed by atoms with Crippen LogP contribution in [0.5, 0.6) is 0 Å². The van der Waals surface area contributed by atoms with Crippen LogP contribution in [0.1, 0.15) is 24.9 Å². The molecule has 2 aromatic carbocycles. The van der Waals surface area contributed by atoms with E-state index in [1.54, 1.807) is 27.2 Å². The average Bonchev–Trinajstić information content (AvgIpc) is 3.35. The molecule has 29 heavy (non-hydrogen) atoms. The number of carbonyl (C=O) groups is 1. The Labute approximate surface area is 167 Å². The highest BCUT2D eigenvalue weighted by atomic mass is 16.2. The van der Waals surface area contributed by atoms with Crippen LogP contribution in [-0.4, -0.2) is 29.8 Å². The van der Waals surface area contributed by atoms with Crippen molar-refractivity contribution >= 4 is 16.9 Å². The van der Waals surface area contributed by atoms with Crippen molar-refractivity contribution in [2.75, 3.05) is 0 Å². The molecule has 2 heterocycles. The molecular formula is C21H22N6O2. The molecule has 0 aliphatic carbocycles. The van der Waals surface area contributed by atoms with Crippen molar-refractivity contribution in [1.29, 1.82) is 0 Å². The lowest BCUT2D eigenvalue weighted by Crippen LogP contribution is -2.29. The lowest BCUT2D eigenvalue weighted by Gasteiger charge is -2.15. The number of hydrogen-bond acceptors (Lipinski definition) is 4. The van der Waals surface area contributed by atoms with Gasteiger partial charge >= 0.3 is 5.69 Å². The Balaban J connectivity index is 1.40. The molecule has 0 saturated carbocycles. The Morgan fingerprint density at radius 3 is 2.52 bits per heavy atom. The first-order valence-electron chi connectivity index (χ1n) is 9.43. The summed E-state index contributed by atoms with van der Waals surface area (Å²) < 4.78 is 4.92. The van der Waals surface area contributed by atoms with Crippen LogP contribution in [0.25, 0.3) is 16.7 Å². The predicted molar refractivity (Wildman–Crippen MR) is 110 cm³/mol. The second-order valence-corrected chi connectivity index (χ2v) is 6.95. The van der Waals surface area contributed by atoms with Crippen molar-refractivity contribution < 1.29 is 4.79 Å². The van der Waals surface area contributed by atoms with Crippen molar-refractivity contribution in [2.24, 2.45) is 7.05 Å². The number of nitrogens with one attached hydrogen (secondary N) is 1. The van der Waals surface area contributed by atoms with E-state index in [1.807, 2.05) is 55.5 Å². The van der Waals surface area contributed by atoms with Crippen molar-refractivity contribution in [3.63, 3.8) is 0 Å². The molecule has 2 aromatic heterocycles. The van der Waals surface area contributed by atoms with Crippen LogP contribution in [0.4, 0.5) is 0 Å². The van der Waals surface area contributed by atoms with E-state index in [1.165, 1.54) is 6.33 Å². The molecule has 0 radical (unpaired) electrons. The van der Waals surface area contributed by atoms with Crippen molar-refractivity contribution in [2.45, 2.75) is 25.9 Å². The van der Waals surface area contributed by atoms with Gasteiger partial charge in [0.1, 0.15) is 12.7 Å². The van der Waals surface area contributed by atoms with E-state index in [4.69, 9.17) is 0 Å². The second-order valence-electron chi connectivity index (χ2n) is 6.95. The Morgan fingerprint density at radius 1 is 1.10 bits per heavy atom. The average molecular weight is 390 g/mol. The van der Waals surface area contributed by atoms with Gasteiger partial charge < -0.3 is 5.32 Å². The molecule has 0 bridgehead atoms. The van der Waals surface area contributed by atoms with Gasteiger partial charge in [0.2, 0.25) is 5.91 Å². The lowest BCUT2D eigenvalue weighted by molar-refractivity contribution is -0.121. The molecule has 148 valence electrons. The highest BCUT2D eigenvalue weighted by Gasteiger charge is 2.13. The topological polar surface area (TPSA) is 86.7 Å². The number of nitrogens with zero attached hydrogens (tertiary/aromatic N) is 5. The molecule has 1 unspecified atom stereocenters. The van der Waals surface area contributed by atoms with Gasteiger partial charge in [-0.05, 0) is 36.8 Å². The van der Waals surface area contributed by atoms with Gasteiger partial charge in [0.25, 0.3) is 0 Å². The van der Waals surface area contributed by atoms with Gasteiger partial charge in [-0.2, -0.15) is 5.10 Å². The lowest BCUT2D eigenvalue weighted by atomic mass is 10.1. The largest absolute Gasteiger partial charge is 0.350 e. The number of hydrogen-bond donors (Lipinski definition) is 1. The number of aromatic nitrogens is 5. The number of aryl methyl sites for hydroxylation is 2. The van der Waals surface area contributed by atoms with E-state index in [0.717, 1.165) is 22.3 Å². The summed E-state index contributed by atoms with van der Waals surface area (Å²) in [7, 11) is 1.74. The maximum absolute atomic E-state index is 12.5. The van der Waals surface area contributed by atoms with Crippen molar-refractivity contribution in [3.05, 3.63) is 77.2 Å². The van der Waals surface area contributed by atoms with Gasteiger partial charge in [-0.1, -0.05) is 24.3 Å². The van der Waals surface area contributed by atoms with E-state index < -0.39 is 0 Å². The first-order valence-corrected chi connectivity index (χ1v) is 9.43. The first kappa shape index (κ1) is 18.7. The third-order valence-electron chi connectivity index (χ3n) is 5.07. The molecule has 8 heteroatoms. The van der Waals surface area contributed by atoms with Crippen molar-refractivity contribution in [1.82, 2.24) is 29.2 Å². The zero-order valence-corrected chi connectivity index (χ0v) is 16.3. The van der Waals surface area contributed by atoms with Crippen molar-refractivity contribution in [3.8, 4) is 5.69 Å². The molecule has 4 rings (SSSR count). The fourth-order valence-corrected chi connectivity index (χ4v) is 3.45. The smallest absolute Gasteiger partial charge is 0.328 e. The van der Waals surface area contributed by atoms with Crippen LogP contribution in [0, 0.1) is 0 Å². The van der Waals surface area contributed by atoms with Gasteiger partial charge in [0.05, 0.1) is 22.8 Å². The van der Waals surface area contributed by atoms with Crippen LogP contribution in [0.2, 0.25) is 0 Å². The Bertz CT molecular complexity index is 1190. The Morgan fingerprint density at radius 2 is 1.83 bits per heavy atom. The summed E-state index contributed by atoms with van der Waals surface area (Å²) in [6.07, 6.45) is 3.35. The quantitative estimate of drug-likeness (QED) is 0.547. The van der Waals surface area contributed by atoms with E-state index >= 15 is 0 Å². The molecule has 0 fully saturated rings. The molecule has 1 atom stereocenters. The van der Waals surface area contributed by atoms with Gasteiger partial charge in [-0.15, -0.1) is 0 Å². The van der Waals surface area contributed by atoms with Crippen LogP contribution >= 0.6 is 0 Å². The van der Waals surface area contributed by atoms with Crippen LogP contribution in [-0.2, 0) is 18.4 Å². The maximum atomic E-state index is 12.5. The molecule has 0 aliphatic heterocycles. The summed E-state index contributed by atoms with van der Waals surface area (Å²) in [5.74, 6) is -0.0994. The molecule has 1 N–H and O–H groups in total. The molecular weight excluding hydrogens is 368 g/mol. The molecule has 8 nitrogen and oxygen atoms in total. The predicted octanol–water partition coefficient (Wildman–Crippen LogP) is 2.19. The summed E-state index contributed by atoms with van der Waals surface area (Å²) in [6, 6.07) is 15.2. The number of para-hydroxylation sites is 2. The van der Waals surface area contributed by atoms with E-state index in [-0.39, 0.29) is 24.1 Å². The number of rotatable bonds is 6. The molecule has 0 aliphatic rings. The highest BCUT2D eigenvalue weighted by Crippen LogP contribution is 2.16. The van der Waals surface area contributed by atoms with Gasteiger partial charge in [0, 0.05) is 20.0 Å². The fraction of sp³-hybridized carbons (Fsp3) is 0.238. The second kappa shape index (κ2) is 7.75. The standard InChI is InChI=1S/C21H22N6O2/c1-15(16-7-9-17(10-8-16)27-14-22-13-23-27)24-20(28)11-12-26-19-6-4-3-5-18(19)25(2)21(26)29/h3-10,13-15H,11-12H2,1-2H3,(H,24,28). The van der Waals surface area contributed by atoms with E-state index in [9.17, 15) is 9.59 Å². The number of carbonyl (C=O) groups excluding carboxylic acids is 1. The first-order chi connectivity index (χ1) is 14.0. The van der Waals surface area contributed by atoms with E-state index in [2.05, 4.69) is 15.4 Å². The minimum absolute atomic E-state index is 0.0994. The summed E-state index contributed by atoms with van der Waals surface area (Å²) in [4.78, 5) is 28.8. The Hall–Kier alpha value is -3.68. The minimum atomic E-state index is -0.142. The van der Waals surface area contributed by atoms with Gasteiger partial charge in [-0.3, -0.25) is 13.9 Å². The summed E-state index contributed by atoms with van der Waals surface area (Å²) in [5, 5.41) is 7.10. The SMILES string of the molecule is CC(NC(=O)CCn1c(=O)n(C)c2ccccc21)c1ccc(-n2cncn2)cc1. The fourth-order valence-electron chi connectivity index (χ4n) is 3.45. The van der Waals surface area contributed by atoms with E-state index in [0.29, 0.717) is 6.54 Å². The normalized spacial score (nSPS) is 12.2. The molecule has 1 amide bonds. The number of fused-ring (bicyclic) bond motifs is 1. The summed E-state index contributed by atoms with van der Waals surface area (Å²) >= 11 is 0. The van der Waals surface area contributed by atoms with Gasteiger partial charge in [-0.25, -0.2) is 14.5 Å². The number of benzene rings is 2. The van der Waals surface area contributed by atoms with Crippen LogP contribution in [0.3, 0.4) is 0 Å². The van der Waals surface area contributed by atoms with Crippen LogP contribution in [0.15, 0.2) is 66.0 Å². The monoisotopic (exact) mass is 390 g/mol. The zero-order chi connectivity index (χ0) is 20.4. The van der Waals surface area contributed by atoms with Gasteiger partial charge in [0.15, 0.2) is 0 Å².